The molecule has 9 aromatic rings. The van der Waals surface area contributed by atoms with Gasteiger partial charge in [0.2, 0.25) is 0 Å². The van der Waals surface area contributed by atoms with Crippen LogP contribution in [0.15, 0.2) is 272 Å². The van der Waals surface area contributed by atoms with Crippen LogP contribution in [0.4, 0.5) is 0 Å². The van der Waals surface area contributed by atoms with Gasteiger partial charge in [0.25, 0.3) is 0 Å². The Morgan fingerprint density at radius 2 is 0.522 bits per heavy atom. The molecule has 0 fully saturated rings. The minimum atomic E-state index is -1.30. The van der Waals surface area contributed by atoms with Crippen LogP contribution in [0.1, 0.15) is 16.7 Å². The van der Waals surface area contributed by atoms with Crippen molar-refractivity contribution in [2.45, 2.75) is 0 Å². The molecule has 0 aliphatic heterocycles. The Bertz CT molecular complexity index is 3070. The zero-order chi connectivity index (χ0) is 47.2. The van der Waals surface area contributed by atoms with Gasteiger partial charge < -0.3 is 14.2 Å². The molecule has 0 bridgehead atoms. The molecule has 0 radical (unpaired) electrons. The van der Waals surface area contributed by atoms with E-state index in [0.29, 0.717) is 0 Å². The summed E-state index contributed by atoms with van der Waals surface area (Å²) in [6.45, 7) is 0. The lowest BCUT2D eigenvalue weighted by Crippen LogP contribution is -2.15. The highest BCUT2D eigenvalue weighted by molar-refractivity contribution is 7.83. The van der Waals surface area contributed by atoms with Gasteiger partial charge in [0.15, 0.2) is 0 Å². The summed E-state index contributed by atoms with van der Waals surface area (Å²) >= 11 is 0. The van der Waals surface area contributed by atoms with Crippen LogP contribution in [0.5, 0.6) is 17.2 Å². The second-order valence-electron chi connectivity index (χ2n) is 15.9. The number of hydrogen-bond acceptors (Lipinski definition) is 3. The predicted octanol–water partition coefficient (Wildman–Crippen LogP) is 13.7. The zero-order valence-electron chi connectivity index (χ0n) is 38.8. The Hall–Kier alpha value is -7.29. The van der Waals surface area contributed by atoms with Gasteiger partial charge in [-0.1, -0.05) is 218 Å². The van der Waals surface area contributed by atoms with Crippen LogP contribution in [0.3, 0.4) is 0 Å². The maximum Gasteiger partial charge on any atom is 0.118 e. The summed E-state index contributed by atoms with van der Waals surface area (Å²) in [5.74, 6) is 2.36. The largest absolute Gasteiger partial charge is 0.497 e. The molecule has 0 N–H and O–H groups in total. The monoisotopic (exact) mass is 948 g/mol. The van der Waals surface area contributed by atoms with Gasteiger partial charge in [0.05, 0.1) is 21.3 Å². The van der Waals surface area contributed by atoms with Gasteiger partial charge >= 0.3 is 0 Å². The van der Waals surface area contributed by atoms with Crippen LogP contribution in [-0.2, 0) is 0 Å². The van der Waals surface area contributed by atoms with Crippen molar-refractivity contribution in [3.05, 3.63) is 288 Å². The SMILES string of the molecule is COc1ccc(C(=C=C(c2ccc(OC)cc2)P(c2ccccc2)c2ccccc2)C(=C=C(c2ccc(OC)cc2)P(c2ccccc2)c2ccccc2)P(c2ccccc2)c2ccccc2)cc1. The van der Waals surface area contributed by atoms with Crippen molar-refractivity contribution in [3.8, 4) is 17.2 Å². The highest BCUT2D eigenvalue weighted by atomic mass is 31.1. The molecule has 9 aromatic carbocycles. The van der Waals surface area contributed by atoms with E-state index in [1.807, 2.05) is 0 Å². The normalized spacial score (nSPS) is 10.8. The Kier molecular flexibility index (Phi) is 15.7. The summed E-state index contributed by atoms with van der Waals surface area (Å²) in [5, 5.41) is 10.5. The fraction of sp³-hybridized carbons (Fsp3) is 0.0476. The highest BCUT2D eigenvalue weighted by Gasteiger charge is 2.28. The van der Waals surface area contributed by atoms with Gasteiger partial charge in [-0.25, -0.2) is 0 Å². The number of rotatable bonds is 16. The molecule has 0 saturated heterocycles. The summed E-state index contributed by atoms with van der Waals surface area (Å²) < 4.78 is 17.3. The van der Waals surface area contributed by atoms with Crippen LogP contribution in [-0.4, -0.2) is 21.3 Å². The molecule has 0 atom stereocenters. The second-order valence-corrected chi connectivity index (χ2v) is 22.3. The molecule has 6 heteroatoms. The molecular weight excluding hydrogens is 898 g/mol. The molecule has 0 aromatic heterocycles. The third-order valence-electron chi connectivity index (χ3n) is 11.6. The average Bonchev–Trinajstić information content (AvgIpc) is 3.43. The Labute approximate surface area is 410 Å². The first-order valence-corrected chi connectivity index (χ1v) is 26.8. The highest BCUT2D eigenvalue weighted by Crippen LogP contribution is 2.55. The molecule has 69 heavy (non-hydrogen) atoms. The van der Waals surface area contributed by atoms with E-state index in [0.717, 1.165) is 55.5 Å². The van der Waals surface area contributed by atoms with E-state index in [4.69, 9.17) is 14.2 Å². The van der Waals surface area contributed by atoms with E-state index in [1.165, 1.54) is 31.8 Å². The van der Waals surface area contributed by atoms with Gasteiger partial charge in [-0.2, -0.15) is 0 Å². The van der Waals surface area contributed by atoms with E-state index >= 15 is 0 Å². The molecule has 336 valence electrons. The lowest BCUT2D eigenvalue weighted by atomic mass is 10.0. The van der Waals surface area contributed by atoms with Crippen LogP contribution in [0, 0.1) is 0 Å². The van der Waals surface area contributed by atoms with Crippen molar-refractivity contribution in [3.63, 3.8) is 0 Å². The summed E-state index contributed by atoms with van der Waals surface area (Å²) in [6.07, 6.45) is 0. The second kappa shape index (κ2) is 23.1. The molecule has 0 heterocycles. The fourth-order valence-electron chi connectivity index (χ4n) is 8.18. The third-order valence-corrected chi connectivity index (χ3v) is 18.9. The van der Waals surface area contributed by atoms with Crippen LogP contribution < -0.4 is 46.0 Å². The number of allylic oxidation sites excluding steroid dienone is 2. The molecule has 9 rings (SSSR count). The summed E-state index contributed by atoms with van der Waals surface area (Å²) in [6, 6.07) is 90.9. The van der Waals surface area contributed by atoms with Crippen molar-refractivity contribution in [2.24, 2.45) is 0 Å². The first-order chi connectivity index (χ1) is 34.1. The van der Waals surface area contributed by atoms with Gasteiger partial charge in [0.1, 0.15) is 17.2 Å². The van der Waals surface area contributed by atoms with Crippen molar-refractivity contribution in [1.82, 2.24) is 0 Å². The quantitative estimate of drug-likeness (QED) is 0.0549. The molecule has 0 saturated carbocycles. The number of methoxy groups -OCH3 is 3. The average molecular weight is 949 g/mol. The zero-order valence-corrected chi connectivity index (χ0v) is 41.5. The first kappa shape index (κ1) is 46.8. The predicted molar refractivity (Wildman–Crippen MR) is 297 cm³/mol. The van der Waals surface area contributed by atoms with E-state index in [9.17, 15) is 0 Å². The summed E-state index contributed by atoms with van der Waals surface area (Å²) in [4.78, 5) is 0. The smallest absolute Gasteiger partial charge is 0.118 e. The van der Waals surface area contributed by atoms with Crippen molar-refractivity contribution >= 4 is 71.8 Å². The van der Waals surface area contributed by atoms with Crippen LogP contribution in [0.25, 0.3) is 16.2 Å². The third kappa shape index (κ3) is 11.2. The van der Waals surface area contributed by atoms with Crippen molar-refractivity contribution < 1.29 is 14.2 Å². The van der Waals surface area contributed by atoms with Crippen LogP contribution >= 0.6 is 23.8 Å². The Morgan fingerprint density at radius 3 is 0.797 bits per heavy atom. The summed E-state index contributed by atoms with van der Waals surface area (Å²) in [5.41, 5.74) is 12.8. The van der Waals surface area contributed by atoms with E-state index in [-0.39, 0.29) is 0 Å². The van der Waals surface area contributed by atoms with Crippen LogP contribution in [0.2, 0.25) is 0 Å². The van der Waals surface area contributed by atoms with Gasteiger partial charge in [-0.15, -0.1) is 11.5 Å². The minimum Gasteiger partial charge on any atom is -0.497 e. The van der Waals surface area contributed by atoms with Crippen molar-refractivity contribution in [1.29, 1.82) is 0 Å². The standard InChI is InChI=1S/C63H51O3P3/c1-64-51-40-34-48(35-41-51)60(46-61(49-36-42-52(65-2)43-37-49)67(54-22-10-4-11-23-54)55-24-12-5-13-25-55)63(69(58-30-18-8-19-31-58)59-32-20-9-21-33-59)47-62(50-38-44-53(66-3)45-39-50)68(56-26-14-6-15-27-56)57-28-16-7-17-29-57/h4-45H,1-3H3. The molecule has 0 spiro atoms. The summed E-state index contributed by atoms with van der Waals surface area (Å²) in [7, 11) is 1.49. The fourth-order valence-corrected chi connectivity index (χ4v) is 15.4. The minimum absolute atomic E-state index is 0.776. The number of ether oxygens (including phenoxy) is 3. The maximum atomic E-state index is 5.82. The lowest BCUT2D eigenvalue weighted by molar-refractivity contribution is 0.414. The molecule has 3 nitrogen and oxygen atoms in total. The topological polar surface area (TPSA) is 27.7 Å². The Balaban J connectivity index is 1.55. The molecule has 0 unspecified atom stereocenters. The molecule has 0 amide bonds. The maximum absolute atomic E-state index is 5.82. The molecular formula is C63H51O3P3. The van der Waals surface area contributed by atoms with Gasteiger partial charge in [0, 0.05) is 21.5 Å². The van der Waals surface area contributed by atoms with E-state index in [2.05, 4.69) is 266 Å². The van der Waals surface area contributed by atoms with Crippen molar-refractivity contribution in [2.75, 3.05) is 21.3 Å². The van der Waals surface area contributed by atoms with E-state index < -0.39 is 23.8 Å². The van der Waals surface area contributed by atoms with Gasteiger partial charge in [-0.05, 0) is 109 Å². The number of hydrogen-bond donors (Lipinski definition) is 0. The first-order valence-electron chi connectivity index (χ1n) is 22.8. The van der Waals surface area contributed by atoms with E-state index in [1.54, 1.807) is 21.3 Å². The molecule has 0 aliphatic rings. The molecule has 0 aliphatic carbocycles. The lowest BCUT2D eigenvalue weighted by Gasteiger charge is -2.26. The Morgan fingerprint density at radius 1 is 0.275 bits per heavy atom. The number of benzene rings is 9. The van der Waals surface area contributed by atoms with Gasteiger partial charge in [-0.3, -0.25) is 0 Å².